The molecule has 2 heteroatoms. The van der Waals surface area contributed by atoms with E-state index in [0.29, 0.717) is 0 Å². The molecule has 0 aliphatic rings. The third kappa shape index (κ3) is 68.3. The molecule has 1 N–H and O–H groups in total. The maximum atomic E-state index is 2.75. The van der Waals surface area contributed by atoms with E-state index in [9.17, 15) is 0 Å². The summed E-state index contributed by atoms with van der Waals surface area (Å²) >= 11 is 1.86. The van der Waals surface area contributed by atoms with Crippen LogP contribution in [0.4, 0.5) is 0 Å². The molecule has 0 aliphatic heterocycles. The number of nitrogens with one attached hydrogen (secondary N) is 1. The number of rotatable bonds is 1. The minimum Gasteiger partial charge on any atom is -0.323 e. The fraction of sp³-hybridized carbons (Fsp3) is 1.00. The third-order valence-electron chi connectivity index (χ3n) is 0.289. The molecule has 0 bridgehead atoms. The highest BCUT2D eigenvalue weighted by Crippen LogP contribution is 1.83. The number of hydrogen-bond acceptors (Lipinski definition) is 2. The fourth-order valence-corrected chi connectivity index (χ4v) is 0. The van der Waals surface area contributed by atoms with Gasteiger partial charge in [-0.3, -0.25) is 0 Å². The van der Waals surface area contributed by atoms with E-state index in [2.05, 4.69) is 18.5 Å². The van der Waals surface area contributed by atoms with Crippen molar-refractivity contribution in [2.45, 2.75) is 6.92 Å². The normalized spacial score (nSPS) is 6.86. The SMILES string of the molecule is CCSC.CNC. The minimum absolute atomic E-state index is 1.24. The lowest BCUT2D eigenvalue weighted by Crippen LogP contribution is -1.89. The van der Waals surface area contributed by atoms with Crippen LogP contribution in [0.3, 0.4) is 0 Å². The Labute approximate surface area is 50.9 Å². The second-order valence-corrected chi connectivity index (χ2v) is 2.23. The molecular weight excluding hydrogens is 106 g/mol. The molecule has 0 aliphatic carbocycles. The lowest BCUT2D eigenvalue weighted by Gasteiger charge is -1.69. The van der Waals surface area contributed by atoms with Gasteiger partial charge in [0.05, 0.1) is 0 Å². The van der Waals surface area contributed by atoms with E-state index in [-0.39, 0.29) is 0 Å². The summed E-state index contributed by atoms with van der Waals surface area (Å²) in [6.07, 6.45) is 2.10. The van der Waals surface area contributed by atoms with Gasteiger partial charge in [-0.1, -0.05) is 6.92 Å². The third-order valence-corrected chi connectivity index (χ3v) is 0.866. The predicted octanol–water partition coefficient (Wildman–Crippen LogP) is 1.20. The van der Waals surface area contributed by atoms with Gasteiger partial charge < -0.3 is 5.32 Å². The molecule has 0 aromatic rings. The van der Waals surface area contributed by atoms with Crippen LogP contribution >= 0.6 is 11.8 Å². The van der Waals surface area contributed by atoms with Crippen molar-refractivity contribution in [3.8, 4) is 0 Å². The largest absolute Gasteiger partial charge is 0.323 e. The Balaban J connectivity index is 0. The van der Waals surface area contributed by atoms with Gasteiger partial charge in [0.2, 0.25) is 0 Å². The summed E-state index contributed by atoms with van der Waals surface area (Å²) < 4.78 is 0. The average molecular weight is 121 g/mol. The summed E-state index contributed by atoms with van der Waals surface area (Å²) in [5.74, 6) is 1.24. The highest BCUT2D eigenvalue weighted by Gasteiger charge is 1.55. The van der Waals surface area contributed by atoms with E-state index >= 15 is 0 Å². The minimum atomic E-state index is 1.24. The van der Waals surface area contributed by atoms with Crippen LogP contribution in [-0.4, -0.2) is 26.1 Å². The topological polar surface area (TPSA) is 12.0 Å². The molecule has 0 unspecified atom stereocenters. The van der Waals surface area contributed by atoms with Gasteiger partial charge in [-0.05, 0) is 26.1 Å². The van der Waals surface area contributed by atoms with Gasteiger partial charge in [-0.15, -0.1) is 0 Å². The molecule has 0 aromatic heterocycles. The van der Waals surface area contributed by atoms with Crippen molar-refractivity contribution in [3.05, 3.63) is 0 Å². The Morgan fingerprint density at radius 3 is 1.57 bits per heavy atom. The molecule has 0 rings (SSSR count). The molecular formula is C5H15NS. The van der Waals surface area contributed by atoms with E-state index < -0.39 is 0 Å². The summed E-state index contributed by atoms with van der Waals surface area (Å²) in [4.78, 5) is 0. The molecule has 0 saturated carbocycles. The Morgan fingerprint density at radius 2 is 1.57 bits per heavy atom. The lowest BCUT2D eigenvalue weighted by atomic mass is 11.0. The van der Waals surface area contributed by atoms with Gasteiger partial charge in [0.25, 0.3) is 0 Å². The maximum Gasteiger partial charge on any atom is -0.00988 e. The van der Waals surface area contributed by atoms with E-state index in [0.717, 1.165) is 0 Å². The molecule has 0 radical (unpaired) electrons. The molecule has 0 aromatic carbocycles. The second-order valence-electron chi connectivity index (χ2n) is 1.08. The van der Waals surface area contributed by atoms with Crippen LogP contribution in [0, 0.1) is 0 Å². The first-order chi connectivity index (χ1) is 3.33. The fourth-order valence-electron chi connectivity index (χ4n) is 0. The molecule has 0 atom stereocenters. The van der Waals surface area contributed by atoms with Crippen molar-refractivity contribution >= 4 is 11.8 Å². The number of hydrogen-bond donors (Lipinski definition) is 1. The zero-order chi connectivity index (χ0) is 6.12. The van der Waals surface area contributed by atoms with E-state index in [1.54, 1.807) is 0 Å². The van der Waals surface area contributed by atoms with Gasteiger partial charge in [-0.2, -0.15) is 11.8 Å². The zero-order valence-corrected chi connectivity index (χ0v) is 6.43. The van der Waals surface area contributed by atoms with Gasteiger partial charge in [0, 0.05) is 0 Å². The average Bonchev–Trinajstić information content (AvgIpc) is 1.69. The van der Waals surface area contributed by atoms with E-state index in [1.165, 1.54) is 5.75 Å². The van der Waals surface area contributed by atoms with Crippen LogP contribution in [-0.2, 0) is 0 Å². The van der Waals surface area contributed by atoms with Crippen LogP contribution in [0.15, 0.2) is 0 Å². The molecule has 46 valence electrons. The van der Waals surface area contributed by atoms with Crippen LogP contribution < -0.4 is 5.32 Å². The summed E-state index contributed by atoms with van der Waals surface area (Å²) in [6.45, 7) is 2.14. The quantitative estimate of drug-likeness (QED) is 0.559. The van der Waals surface area contributed by atoms with Crippen LogP contribution in [0.2, 0.25) is 0 Å². The standard InChI is InChI=1S/C3H8S.C2H7N/c1-3-4-2;1-3-2/h3H2,1-2H3;3H,1-2H3. The smallest absolute Gasteiger partial charge is 0.00988 e. The maximum absolute atomic E-state index is 2.75. The first-order valence-corrected chi connectivity index (χ1v) is 3.80. The molecule has 0 saturated heterocycles. The van der Waals surface area contributed by atoms with Gasteiger partial charge >= 0.3 is 0 Å². The second kappa shape index (κ2) is 16.2. The zero-order valence-electron chi connectivity index (χ0n) is 5.62. The van der Waals surface area contributed by atoms with Crippen LogP contribution in [0.25, 0.3) is 0 Å². The summed E-state index contributed by atoms with van der Waals surface area (Å²) in [7, 11) is 3.75. The van der Waals surface area contributed by atoms with Crippen molar-refractivity contribution in [1.82, 2.24) is 5.32 Å². The van der Waals surface area contributed by atoms with Gasteiger partial charge in [-0.25, -0.2) is 0 Å². The van der Waals surface area contributed by atoms with Gasteiger partial charge in [0.1, 0.15) is 0 Å². The van der Waals surface area contributed by atoms with Crippen molar-refractivity contribution in [1.29, 1.82) is 0 Å². The van der Waals surface area contributed by atoms with Crippen molar-refractivity contribution < 1.29 is 0 Å². The van der Waals surface area contributed by atoms with Crippen molar-refractivity contribution in [3.63, 3.8) is 0 Å². The Bertz CT molecular complexity index is 15.6. The summed E-state index contributed by atoms with van der Waals surface area (Å²) in [6, 6.07) is 0. The van der Waals surface area contributed by atoms with Crippen LogP contribution in [0.5, 0.6) is 0 Å². The summed E-state index contributed by atoms with van der Waals surface area (Å²) in [5, 5.41) is 2.75. The monoisotopic (exact) mass is 121 g/mol. The molecule has 0 spiro atoms. The van der Waals surface area contributed by atoms with E-state index in [4.69, 9.17) is 0 Å². The van der Waals surface area contributed by atoms with Crippen LogP contribution in [0.1, 0.15) is 6.92 Å². The molecule has 7 heavy (non-hydrogen) atoms. The summed E-state index contributed by atoms with van der Waals surface area (Å²) in [5.41, 5.74) is 0. The molecule has 0 heterocycles. The lowest BCUT2D eigenvalue weighted by molar-refractivity contribution is 1.02. The Hall–Kier alpha value is 0.310. The van der Waals surface area contributed by atoms with Crippen molar-refractivity contribution in [2.75, 3.05) is 26.1 Å². The molecule has 0 amide bonds. The van der Waals surface area contributed by atoms with E-state index in [1.807, 2.05) is 25.9 Å². The molecule has 1 nitrogen and oxygen atoms in total. The first-order valence-electron chi connectivity index (χ1n) is 2.40. The first kappa shape index (κ1) is 10.3. The Morgan fingerprint density at radius 1 is 1.43 bits per heavy atom. The number of thioether (sulfide) groups is 1. The van der Waals surface area contributed by atoms with Crippen molar-refractivity contribution in [2.24, 2.45) is 0 Å². The predicted molar refractivity (Wildman–Crippen MR) is 39.0 cm³/mol. The highest BCUT2D eigenvalue weighted by atomic mass is 32.2. The molecule has 0 fully saturated rings. The highest BCUT2D eigenvalue weighted by molar-refractivity contribution is 7.98. The van der Waals surface area contributed by atoms with Gasteiger partial charge in [0.15, 0.2) is 0 Å². The Kier molecular flexibility index (Phi) is 23.9.